The molecule has 1 aliphatic rings. The summed E-state index contributed by atoms with van der Waals surface area (Å²) in [5.74, 6) is -0.998. The van der Waals surface area contributed by atoms with Crippen LogP contribution >= 0.6 is 0 Å². The number of rotatable bonds is 2. The van der Waals surface area contributed by atoms with Crippen molar-refractivity contribution in [2.75, 3.05) is 20.1 Å². The number of piperidine rings is 1. The van der Waals surface area contributed by atoms with E-state index in [0.717, 1.165) is 25.0 Å². The number of halogens is 1. The summed E-state index contributed by atoms with van der Waals surface area (Å²) >= 11 is 0. The molecule has 19 heavy (non-hydrogen) atoms. The number of nitrogens with zero attached hydrogens (tertiary/aromatic N) is 1. The van der Waals surface area contributed by atoms with Crippen LogP contribution in [-0.4, -0.2) is 41.6 Å². The van der Waals surface area contributed by atoms with Crippen molar-refractivity contribution in [3.05, 3.63) is 29.6 Å². The number of phenols is 1. The Morgan fingerprint density at radius 2 is 2.05 bits per heavy atom. The van der Waals surface area contributed by atoms with Gasteiger partial charge >= 0.3 is 0 Å². The van der Waals surface area contributed by atoms with Crippen molar-refractivity contribution in [3.63, 3.8) is 0 Å². The third-order valence-electron chi connectivity index (χ3n) is 3.95. The minimum atomic E-state index is -0.516. The molecule has 1 fully saturated rings. The summed E-state index contributed by atoms with van der Waals surface area (Å²) in [6, 6.07) is 3.44. The highest BCUT2D eigenvalue weighted by molar-refractivity contribution is 5.96. The number of amides is 1. The molecule has 2 N–H and O–H groups in total. The molecule has 0 atom stereocenters. The fourth-order valence-corrected chi connectivity index (χ4v) is 2.30. The van der Waals surface area contributed by atoms with Gasteiger partial charge in [0.2, 0.25) is 0 Å². The average molecular weight is 266 g/mol. The Kier molecular flexibility index (Phi) is 3.75. The summed E-state index contributed by atoms with van der Waals surface area (Å²) in [4.78, 5) is 13.9. The van der Waals surface area contributed by atoms with Crippen LogP contribution < -0.4 is 5.32 Å². The van der Waals surface area contributed by atoms with E-state index < -0.39 is 5.82 Å². The molecule has 0 bridgehead atoms. The highest BCUT2D eigenvalue weighted by Gasteiger charge is 2.31. The van der Waals surface area contributed by atoms with E-state index in [9.17, 15) is 14.3 Å². The maximum absolute atomic E-state index is 13.2. The molecule has 5 heteroatoms. The number of carbonyl (C=O) groups excluding carboxylic acids is 1. The molecule has 0 radical (unpaired) electrons. The molecule has 1 heterocycles. The Morgan fingerprint density at radius 1 is 1.42 bits per heavy atom. The van der Waals surface area contributed by atoms with Gasteiger partial charge in [0.15, 0.2) is 0 Å². The first kappa shape index (κ1) is 13.8. The number of hydrogen-bond donors (Lipinski definition) is 2. The van der Waals surface area contributed by atoms with Crippen molar-refractivity contribution in [1.82, 2.24) is 10.2 Å². The largest absolute Gasteiger partial charge is 0.507 e. The summed E-state index contributed by atoms with van der Waals surface area (Å²) in [5.41, 5.74) is 0.0777. The lowest BCUT2D eigenvalue weighted by Gasteiger charge is -2.39. The molecule has 2 rings (SSSR count). The molecule has 1 aromatic rings. The normalized spacial score (nSPS) is 18.4. The van der Waals surface area contributed by atoms with E-state index in [4.69, 9.17) is 0 Å². The van der Waals surface area contributed by atoms with Crippen LogP contribution in [0.25, 0.3) is 0 Å². The zero-order chi connectivity index (χ0) is 14.0. The van der Waals surface area contributed by atoms with Crippen molar-refractivity contribution in [1.29, 1.82) is 0 Å². The van der Waals surface area contributed by atoms with Crippen LogP contribution in [0.1, 0.15) is 30.1 Å². The van der Waals surface area contributed by atoms with Crippen LogP contribution in [-0.2, 0) is 0 Å². The minimum absolute atomic E-state index is 0.0352. The second kappa shape index (κ2) is 5.17. The van der Waals surface area contributed by atoms with Gasteiger partial charge in [-0.3, -0.25) is 4.79 Å². The standard InChI is InChI=1S/C14H19FN2O2/c1-14(16-2)5-7-17(8-6-14)13(19)11-9-10(15)3-4-12(11)18/h3-4,9,16,18H,5-8H2,1-2H3. The predicted molar refractivity (Wildman–Crippen MR) is 70.7 cm³/mol. The number of nitrogens with one attached hydrogen (secondary N) is 1. The molecule has 104 valence electrons. The maximum atomic E-state index is 13.2. The first-order valence-electron chi connectivity index (χ1n) is 6.42. The second-order valence-corrected chi connectivity index (χ2v) is 5.26. The molecule has 0 saturated carbocycles. The molecule has 4 nitrogen and oxygen atoms in total. The fraction of sp³-hybridized carbons (Fsp3) is 0.500. The molecule has 0 aromatic heterocycles. The summed E-state index contributed by atoms with van der Waals surface area (Å²) < 4.78 is 13.2. The lowest BCUT2D eigenvalue weighted by atomic mass is 9.89. The van der Waals surface area contributed by atoms with Crippen LogP contribution in [0, 0.1) is 5.82 Å². The Morgan fingerprint density at radius 3 is 2.63 bits per heavy atom. The summed E-state index contributed by atoms with van der Waals surface area (Å²) in [6.45, 7) is 3.33. The van der Waals surface area contributed by atoms with Crippen molar-refractivity contribution >= 4 is 5.91 Å². The van der Waals surface area contributed by atoms with Gasteiger partial charge in [-0.1, -0.05) is 0 Å². The number of aromatic hydroxyl groups is 1. The van der Waals surface area contributed by atoms with Gasteiger partial charge < -0.3 is 15.3 Å². The topological polar surface area (TPSA) is 52.6 Å². The van der Waals surface area contributed by atoms with Crippen LogP contribution in [0.3, 0.4) is 0 Å². The monoisotopic (exact) mass is 266 g/mol. The lowest BCUT2D eigenvalue weighted by Crippen LogP contribution is -2.51. The first-order chi connectivity index (χ1) is 8.95. The number of phenolic OH excluding ortho intramolecular Hbond substituents is 1. The highest BCUT2D eigenvalue weighted by Crippen LogP contribution is 2.25. The zero-order valence-corrected chi connectivity index (χ0v) is 11.2. The van der Waals surface area contributed by atoms with E-state index in [1.807, 2.05) is 7.05 Å². The van der Waals surface area contributed by atoms with E-state index in [0.29, 0.717) is 13.1 Å². The van der Waals surface area contributed by atoms with E-state index in [-0.39, 0.29) is 22.8 Å². The van der Waals surface area contributed by atoms with E-state index in [1.165, 1.54) is 6.07 Å². The van der Waals surface area contributed by atoms with E-state index in [2.05, 4.69) is 12.2 Å². The van der Waals surface area contributed by atoms with Crippen LogP contribution in [0.2, 0.25) is 0 Å². The van der Waals surface area contributed by atoms with Crippen LogP contribution in [0.5, 0.6) is 5.75 Å². The third-order valence-corrected chi connectivity index (χ3v) is 3.95. The second-order valence-electron chi connectivity index (χ2n) is 5.26. The van der Waals surface area contributed by atoms with Crippen molar-refractivity contribution < 1.29 is 14.3 Å². The predicted octanol–water partition coefficient (Wildman–Crippen LogP) is 1.75. The first-order valence-corrected chi connectivity index (χ1v) is 6.42. The Bertz CT molecular complexity index is 482. The molecule has 0 unspecified atom stereocenters. The molecular weight excluding hydrogens is 247 g/mol. The smallest absolute Gasteiger partial charge is 0.257 e. The quantitative estimate of drug-likeness (QED) is 0.857. The molecule has 0 spiro atoms. The van der Waals surface area contributed by atoms with Crippen molar-refractivity contribution in [3.8, 4) is 5.75 Å². The average Bonchev–Trinajstić information content (AvgIpc) is 2.42. The van der Waals surface area contributed by atoms with Gasteiger partial charge in [-0.25, -0.2) is 4.39 Å². The van der Waals surface area contributed by atoms with Gasteiger partial charge in [0.25, 0.3) is 5.91 Å². The molecule has 1 aliphatic heterocycles. The molecular formula is C14H19FN2O2. The van der Waals surface area contributed by atoms with E-state index in [1.54, 1.807) is 4.90 Å². The molecule has 1 aromatic carbocycles. The fourth-order valence-electron chi connectivity index (χ4n) is 2.30. The van der Waals surface area contributed by atoms with Gasteiger partial charge in [0.05, 0.1) is 5.56 Å². The SMILES string of the molecule is CNC1(C)CCN(C(=O)c2cc(F)ccc2O)CC1. The number of carbonyl (C=O) groups is 1. The summed E-state index contributed by atoms with van der Waals surface area (Å²) in [6.07, 6.45) is 1.68. The van der Waals surface area contributed by atoms with Gasteiger partial charge in [-0.2, -0.15) is 0 Å². The lowest BCUT2D eigenvalue weighted by molar-refractivity contribution is 0.0658. The van der Waals surface area contributed by atoms with Crippen molar-refractivity contribution in [2.24, 2.45) is 0 Å². The highest BCUT2D eigenvalue weighted by atomic mass is 19.1. The zero-order valence-electron chi connectivity index (χ0n) is 11.2. The summed E-state index contributed by atoms with van der Waals surface area (Å²) in [7, 11) is 1.91. The Hall–Kier alpha value is -1.62. The van der Waals surface area contributed by atoms with Gasteiger partial charge in [-0.15, -0.1) is 0 Å². The molecule has 1 saturated heterocycles. The Labute approximate surface area is 112 Å². The molecule has 1 amide bonds. The number of benzene rings is 1. The van der Waals surface area contributed by atoms with Crippen LogP contribution in [0.15, 0.2) is 18.2 Å². The number of hydrogen-bond acceptors (Lipinski definition) is 3. The van der Waals surface area contributed by atoms with Gasteiger partial charge in [-0.05, 0) is 45.0 Å². The minimum Gasteiger partial charge on any atom is -0.507 e. The third kappa shape index (κ3) is 2.87. The van der Waals surface area contributed by atoms with Crippen molar-refractivity contribution in [2.45, 2.75) is 25.3 Å². The molecule has 0 aliphatic carbocycles. The van der Waals surface area contributed by atoms with Crippen LogP contribution in [0.4, 0.5) is 4.39 Å². The maximum Gasteiger partial charge on any atom is 0.257 e. The summed E-state index contributed by atoms with van der Waals surface area (Å²) in [5, 5.41) is 12.9. The van der Waals surface area contributed by atoms with E-state index >= 15 is 0 Å². The van der Waals surface area contributed by atoms with Gasteiger partial charge in [0.1, 0.15) is 11.6 Å². The Balaban J connectivity index is 2.11. The number of likely N-dealkylation sites (tertiary alicyclic amines) is 1. The van der Waals surface area contributed by atoms with Gasteiger partial charge in [0, 0.05) is 18.6 Å².